The number of aliphatic hydroxyl groups excluding tert-OH is 1. The summed E-state index contributed by atoms with van der Waals surface area (Å²) in [7, 11) is -1.80. The van der Waals surface area contributed by atoms with Crippen LogP contribution >= 0.6 is 24.0 Å². The van der Waals surface area contributed by atoms with Gasteiger partial charge in [-0.25, -0.2) is 0 Å². The van der Waals surface area contributed by atoms with E-state index in [0.29, 0.717) is 10.2 Å². The number of amides is 1. The molecule has 0 aliphatic carbocycles. The van der Waals surface area contributed by atoms with Gasteiger partial charge in [-0.1, -0.05) is 86.3 Å². The lowest BCUT2D eigenvalue weighted by Gasteiger charge is -2.39. The van der Waals surface area contributed by atoms with Crippen molar-refractivity contribution in [2.45, 2.75) is 112 Å². The van der Waals surface area contributed by atoms with E-state index in [9.17, 15) is 9.90 Å². The second kappa shape index (κ2) is 11.8. The Morgan fingerprint density at radius 3 is 2.20 bits per heavy atom. The molecule has 1 heterocycles. The molecule has 4 atom stereocenters. The van der Waals surface area contributed by atoms with Gasteiger partial charge in [-0.3, -0.25) is 9.69 Å². The molecule has 176 valence electrons. The van der Waals surface area contributed by atoms with Crippen LogP contribution in [0.3, 0.4) is 0 Å². The predicted molar refractivity (Wildman–Crippen MR) is 136 cm³/mol. The summed E-state index contributed by atoms with van der Waals surface area (Å²) in [5.41, 5.74) is -0.0440. The molecule has 0 aromatic carbocycles. The van der Waals surface area contributed by atoms with Gasteiger partial charge in [0.2, 0.25) is 5.91 Å². The third-order valence-corrected chi connectivity index (χ3v) is 12.9. The summed E-state index contributed by atoms with van der Waals surface area (Å²) in [6, 6.07) is 3.34. The Hall–Kier alpha value is 0.0469. The highest BCUT2D eigenvalue weighted by atomic mass is 32.2. The van der Waals surface area contributed by atoms with E-state index in [1.807, 2.05) is 6.92 Å². The summed E-state index contributed by atoms with van der Waals surface area (Å²) in [6.45, 7) is 19.6. The third kappa shape index (κ3) is 7.29. The molecule has 0 spiro atoms. The fraction of sp³-hybridized carbons (Fsp3) is 0.913. The molecule has 1 rings (SSSR count). The minimum Gasteiger partial charge on any atom is -0.414 e. The van der Waals surface area contributed by atoms with Gasteiger partial charge in [0.05, 0.1) is 24.7 Å². The van der Waals surface area contributed by atoms with Crippen LogP contribution in [0.4, 0.5) is 0 Å². The van der Waals surface area contributed by atoms with Gasteiger partial charge in [0, 0.05) is 11.7 Å². The zero-order chi connectivity index (χ0) is 23.3. The van der Waals surface area contributed by atoms with Crippen molar-refractivity contribution in [2.24, 2.45) is 17.3 Å². The number of hydrogen-bond acceptors (Lipinski definition) is 5. The molecule has 0 bridgehead atoms. The molecule has 30 heavy (non-hydrogen) atoms. The molecule has 0 saturated carbocycles. The molecular formula is C23H45NO3S2Si. The Kier molecular flexibility index (Phi) is 11.0. The highest BCUT2D eigenvalue weighted by Gasteiger charge is 2.42. The van der Waals surface area contributed by atoms with Crippen molar-refractivity contribution in [3.63, 3.8) is 0 Å². The maximum absolute atomic E-state index is 13.2. The van der Waals surface area contributed by atoms with Crippen LogP contribution in [-0.2, 0) is 9.22 Å². The standard InChI is InChI=1S/C23H45NO3S2Si/c1-10-30(11-2,12-3)27-19(13-16(4)5)17(6)18(25)14-21(26)24-20(23(7,8)9)15-29-22(24)28/h16-20,25H,10-15H2,1-9H3/t17-,18+,19-,20-/m1/s1. The molecular weight excluding hydrogens is 430 g/mol. The number of nitrogens with zero attached hydrogens (tertiary/aromatic N) is 1. The summed E-state index contributed by atoms with van der Waals surface area (Å²) in [5, 5.41) is 11.1. The zero-order valence-electron chi connectivity index (χ0n) is 20.7. The van der Waals surface area contributed by atoms with Gasteiger partial charge in [0.25, 0.3) is 0 Å². The molecule has 0 aromatic rings. The first-order valence-corrected chi connectivity index (χ1v) is 15.6. The van der Waals surface area contributed by atoms with E-state index in [1.165, 1.54) is 0 Å². The van der Waals surface area contributed by atoms with E-state index in [1.54, 1.807) is 16.7 Å². The van der Waals surface area contributed by atoms with Crippen LogP contribution in [0.15, 0.2) is 0 Å². The summed E-state index contributed by atoms with van der Waals surface area (Å²) >= 11 is 7.05. The molecule has 1 amide bonds. The van der Waals surface area contributed by atoms with Crippen molar-refractivity contribution in [1.82, 2.24) is 4.90 Å². The Labute approximate surface area is 196 Å². The monoisotopic (exact) mass is 475 g/mol. The summed E-state index contributed by atoms with van der Waals surface area (Å²) in [6.07, 6.45) is 0.264. The van der Waals surface area contributed by atoms with E-state index < -0.39 is 14.4 Å². The van der Waals surface area contributed by atoms with Crippen molar-refractivity contribution < 1.29 is 14.3 Å². The molecule has 0 unspecified atom stereocenters. The second-order valence-electron chi connectivity index (χ2n) is 10.4. The Bertz CT molecular complexity index is 567. The lowest BCUT2D eigenvalue weighted by molar-refractivity contribution is -0.133. The van der Waals surface area contributed by atoms with Gasteiger partial charge in [-0.2, -0.15) is 0 Å². The molecule has 1 saturated heterocycles. The molecule has 1 N–H and O–H groups in total. The van der Waals surface area contributed by atoms with Gasteiger partial charge < -0.3 is 9.53 Å². The smallest absolute Gasteiger partial charge is 0.230 e. The maximum atomic E-state index is 13.2. The Morgan fingerprint density at radius 1 is 1.23 bits per heavy atom. The van der Waals surface area contributed by atoms with Crippen LogP contribution in [-0.4, -0.2) is 52.6 Å². The van der Waals surface area contributed by atoms with E-state index in [-0.39, 0.29) is 35.8 Å². The number of rotatable bonds is 11. The molecule has 7 heteroatoms. The normalized spacial score (nSPS) is 21.2. The van der Waals surface area contributed by atoms with Crippen molar-refractivity contribution in [3.05, 3.63) is 0 Å². The number of carbonyl (C=O) groups excluding carboxylic acids is 1. The summed E-state index contributed by atoms with van der Waals surface area (Å²) in [4.78, 5) is 14.9. The van der Waals surface area contributed by atoms with Gasteiger partial charge >= 0.3 is 0 Å². The Balaban J connectivity index is 2.95. The first-order chi connectivity index (χ1) is 13.8. The average molecular weight is 476 g/mol. The SMILES string of the molecule is CC[Si](CC)(CC)O[C@H](CC(C)C)[C@H](C)[C@@H](O)CC(=O)N1C(=S)SC[C@@H]1C(C)(C)C. The number of thioether (sulfide) groups is 1. The number of hydrogen-bond donors (Lipinski definition) is 1. The third-order valence-electron chi connectivity index (χ3n) is 6.76. The predicted octanol–water partition coefficient (Wildman–Crippen LogP) is 6.09. The fourth-order valence-electron chi connectivity index (χ4n) is 4.20. The minimum atomic E-state index is -1.80. The van der Waals surface area contributed by atoms with Crippen molar-refractivity contribution in [1.29, 1.82) is 0 Å². The van der Waals surface area contributed by atoms with Crippen LogP contribution in [0.25, 0.3) is 0 Å². The van der Waals surface area contributed by atoms with E-state index >= 15 is 0 Å². The molecule has 4 nitrogen and oxygen atoms in total. The van der Waals surface area contributed by atoms with Crippen LogP contribution in [0.5, 0.6) is 0 Å². The van der Waals surface area contributed by atoms with E-state index in [0.717, 1.165) is 30.3 Å². The summed E-state index contributed by atoms with van der Waals surface area (Å²) < 4.78 is 7.45. The van der Waals surface area contributed by atoms with E-state index in [4.69, 9.17) is 16.6 Å². The number of aliphatic hydroxyl groups is 1. The van der Waals surface area contributed by atoms with Gasteiger partial charge in [0.1, 0.15) is 4.32 Å². The molecule has 0 aromatic heterocycles. The average Bonchev–Trinajstić information content (AvgIpc) is 3.06. The van der Waals surface area contributed by atoms with Gasteiger partial charge in [-0.05, 0) is 35.9 Å². The van der Waals surface area contributed by atoms with Crippen molar-refractivity contribution in [2.75, 3.05) is 5.75 Å². The maximum Gasteiger partial charge on any atom is 0.230 e. The lowest BCUT2D eigenvalue weighted by atomic mass is 9.86. The number of carbonyl (C=O) groups is 1. The van der Waals surface area contributed by atoms with Crippen LogP contribution in [0, 0.1) is 17.3 Å². The lowest BCUT2D eigenvalue weighted by Crippen LogP contribution is -2.48. The second-order valence-corrected chi connectivity index (χ2v) is 16.8. The molecule has 0 radical (unpaired) electrons. The molecule has 1 aliphatic heterocycles. The first kappa shape index (κ1) is 28.1. The van der Waals surface area contributed by atoms with Crippen LogP contribution < -0.4 is 0 Å². The van der Waals surface area contributed by atoms with Gasteiger partial charge in [0.15, 0.2) is 8.32 Å². The highest BCUT2D eigenvalue weighted by molar-refractivity contribution is 8.23. The number of thiocarbonyl (C=S) groups is 1. The van der Waals surface area contributed by atoms with Crippen molar-refractivity contribution >= 4 is 42.5 Å². The quantitative estimate of drug-likeness (QED) is 0.290. The highest BCUT2D eigenvalue weighted by Crippen LogP contribution is 2.37. The fourth-order valence-corrected chi connectivity index (χ4v) is 8.91. The van der Waals surface area contributed by atoms with E-state index in [2.05, 4.69) is 55.4 Å². The summed E-state index contributed by atoms with van der Waals surface area (Å²) in [5.74, 6) is 1.16. The molecule has 1 fully saturated rings. The van der Waals surface area contributed by atoms with Crippen molar-refractivity contribution in [3.8, 4) is 0 Å². The largest absolute Gasteiger partial charge is 0.414 e. The first-order valence-electron chi connectivity index (χ1n) is 11.7. The zero-order valence-corrected chi connectivity index (χ0v) is 23.3. The topological polar surface area (TPSA) is 49.8 Å². The minimum absolute atomic E-state index is 0.0161. The molecule has 1 aliphatic rings. The van der Waals surface area contributed by atoms with Crippen LogP contribution in [0.1, 0.15) is 75.2 Å². The van der Waals surface area contributed by atoms with Crippen LogP contribution in [0.2, 0.25) is 18.1 Å². The van der Waals surface area contributed by atoms with Gasteiger partial charge in [-0.15, -0.1) is 0 Å². The Morgan fingerprint density at radius 2 is 1.77 bits per heavy atom.